The van der Waals surface area contributed by atoms with Gasteiger partial charge in [-0.25, -0.2) is 17.2 Å². The monoisotopic (exact) mass is 488 g/mol. The van der Waals surface area contributed by atoms with Crippen LogP contribution in [0.5, 0.6) is 0 Å². The van der Waals surface area contributed by atoms with E-state index in [0.717, 1.165) is 24.4 Å². The molecule has 0 fully saturated rings. The number of amides is 1. The number of carbonyl (C=O) groups excluding carboxylic acids is 1. The Morgan fingerprint density at radius 1 is 1.00 bits per heavy atom. The zero-order valence-corrected chi connectivity index (χ0v) is 18.3. The van der Waals surface area contributed by atoms with Crippen molar-refractivity contribution in [1.29, 1.82) is 0 Å². The van der Waals surface area contributed by atoms with Crippen LogP contribution in [0.25, 0.3) is 10.9 Å². The number of pyridine rings is 1. The van der Waals surface area contributed by atoms with Gasteiger partial charge in [0.05, 0.1) is 15.4 Å². The molecule has 0 saturated heterocycles. The van der Waals surface area contributed by atoms with E-state index >= 15 is 0 Å². The number of sulfone groups is 1. The summed E-state index contributed by atoms with van der Waals surface area (Å²) in [6.45, 7) is -0.408. The molecule has 0 aliphatic carbocycles. The zero-order valence-electron chi connectivity index (χ0n) is 16.8. The minimum absolute atomic E-state index is 0.116. The van der Waals surface area contributed by atoms with Crippen LogP contribution in [0.2, 0.25) is 5.02 Å². The molecule has 0 radical (unpaired) electrons. The Morgan fingerprint density at radius 3 is 2.42 bits per heavy atom. The second kappa shape index (κ2) is 8.76. The molecule has 33 heavy (non-hydrogen) atoms. The molecule has 0 spiro atoms. The molecule has 10 heteroatoms. The standard InChI is InChI=1S/C23H15ClF2N2O4S/c24-18-11-15(7-8-19(18)26)27-22(29)13-28-12-21(33(31,32)16-4-2-1-3-5-16)23(30)17-10-14(25)6-9-20(17)28/h1-12H,13H2,(H,27,29). The van der Waals surface area contributed by atoms with Crippen LogP contribution in [0.4, 0.5) is 14.5 Å². The fourth-order valence-corrected chi connectivity index (χ4v) is 4.89. The summed E-state index contributed by atoms with van der Waals surface area (Å²) in [7, 11) is -4.25. The van der Waals surface area contributed by atoms with Crippen molar-refractivity contribution in [2.45, 2.75) is 16.3 Å². The normalized spacial score (nSPS) is 11.5. The van der Waals surface area contributed by atoms with E-state index in [2.05, 4.69) is 5.32 Å². The number of fused-ring (bicyclic) bond motifs is 1. The average Bonchev–Trinajstić information content (AvgIpc) is 2.78. The van der Waals surface area contributed by atoms with Gasteiger partial charge < -0.3 is 9.88 Å². The summed E-state index contributed by atoms with van der Waals surface area (Å²) in [5.41, 5.74) is -0.490. The summed E-state index contributed by atoms with van der Waals surface area (Å²) in [5, 5.41) is 2.15. The lowest BCUT2D eigenvalue weighted by molar-refractivity contribution is -0.116. The molecule has 168 valence electrons. The van der Waals surface area contributed by atoms with E-state index in [1.54, 1.807) is 6.07 Å². The van der Waals surface area contributed by atoms with E-state index in [1.807, 2.05) is 0 Å². The molecule has 0 atom stereocenters. The number of nitrogens with zero attached hydrogens (tertiary/aromatic N) is 1. The Hall–Kier alpha value is -3.56. The van der Waals surface area contributed by atoms with Gasteiger partial charge in [-0.1, -0.05) is 29.8 Å². The van der Waals surface area contributed by atoms with Crippen LogP contribution in [0, 0.1) is 11.6 Å². The Kier molecular flexibility index (Phi) is 6.01. The molecule has 1 N–H and O–H groups in total. The number of rotatable bonds is 5. The van der Waals surface area contributed by atoms with Crippen molar-refractivity contribution in [3.63, 3.8) is 0 Å². The Morgan fingerprint density at radius 2 is 1.73 bits per heavy atom. The van der Waals surface area contributed by atoms with Crippen molar-refractivity contribution in [2.24, 2.45) is 0 Å². The van der Waals surface area contributed by atoms with E-state index in [-0.39, 0.29) is 26.5 Å². The van der Waals surface area contributed by atoms with Gasteiger partial charge in [0.25, 0.3) is 0 Å². The molecular formula is C23H15ClF2N2O4S. The van der Waals surface area contributed by atoms with E-state index < -0.39 is 44.2 Å². The Balaban J connectivity index is 1.81. The summed E-state index contributed by atoms with van der Waals surface area (Å²) < 4.78 is 54.7. The lowest BCUT2D eigenvalue weighted by Gasteiger charge is -2.14. The predicted molar refractivity (Wildman–Crippen MR) is 120 cm³/mol. The fourth-order valence-electron chi connectivity index (χ4n) is 3.32. The second-order valence-corrected chi connectivity index (χ2v) is 9.43. The second-order valence-electron chi connectivity index (χ2n) is 7.11. The third-order valence-corrected chi connectivity index (χ3v) is 6.92. The number of carbonyl (C=O) groups is 1. The SMILES string of the molecule is O=C(Cn1cc(S(=O)(=O)c2ccccc2)c(=O)c2cc(F)ccc21)Nc1ccc(F)c(Cl)c1. The van der Waals surface area contributed by atoms with E-state index in [0.29, 0.717) is 0 Å². The number of aromatic nitrogens is 1. The first kappa shape index (κ1) is 22.6. The van der Waals surface area contributed by atoms with Crippen molar-refractivity contribution in [2.75, 3.05) is 5.32 Å². The summed E-state index contributed by atoms with van der Waals surface area (Å²) >= 11 is 5.73. The van der Waals surface area contributed by atoms with Crippen LogP contribution in [-0.4, -0.2) is 18.9 Å². The quantitative estimate of drug-likeness (QED) is 0.451. The van der Waals surface area contributed by atoms with Gasteiger partial charge >= 0.3 is 0 Å². The molecule has 0 bridgehead atoms. The van der Waals surface area contributed by atoms with Crippen LogP contribution in [0.1, 0.15) is 0 Å². The lowest BCUT2D eigenvalue weighted by atomic mass is 10.2. The van der Waals surface area contributed by atoms with Gasteiger partial charge in [0, 0.05) is 17.3 Å². The third-order valence-electron chi connectivity index (χ3n) is 4.87. The van der Waals surface area contributed by atoms with Crippen LogP contribution in [0.3, 0.4) is 0 Å². The van der Waals surface area contributed by atoms with E-state index in [4.69, 9.17) is 11.6 Å². The van der Waals surface area contributed by atoms with Gasteiger partial charge in [-0.3, -0.25) is 9.59 Å². The molecule has 6 nitrogen and oxygen atoms in total. The highest BCUT2D eigenvalue weighted by Crippen LogP contribution is 2.23. The first-order valence-corrected chi connectivity index (χ1v) is 11.4. The van der Waals surface area contributed by atoms with Crippen molar-refractivity contribution >= 4 is 43.9 Å². The first-order chi connectivity index (χ1) is 15.7. The maximum absolute atomic E-state index is 13.9. The van der Waals surface area contributed by atoms with Crippen molar-refractivity contribution in [1.82, 2.24) is 4.57 Å². The van der Waals surface area contributed by atoms with Gasteiger partial charge in [-0.05, 0) is 48.5 Å². The maximum atomic E-state index is 13.9. The highest BCUT2D eigenvalue weighted by Gasteiger charge is 2.24. The molecule has 4 aromatic rings. The fraction of sp³-hybridized carbons (Fsp3) is 0.0435. The first-order valence-electron chi connectivity index (χ1n) is 9.54. The summed E-state index contributed by atoms with van der Waals surface area (Å²) in [6.07, 6.45) is 1.06. The number of halogens is 3. The van der Waals surface area contributed by atoms with Crippen LogP contribution in [0.15, 0.2) is 87.5 Å². The number of hydrogen-bond acceptors (Lipinski definition) is 4. The molecule has 1 aromatic heterocycles. The molecule has 0 aliphatic rings. The van der Waals surface area contributed by atoms with Crippen LogP contribution < -0.4 is 10.7 Å². The van der Waals surface area contributed by atoms with Crippen molar-refractivity contribution in [3.8, 4) is 0 Å². The number of hydrogen-bond donors (Lipinski definition) is 1. The number of anilines is 1. The maximum Gasteiger partial charge on any atom is 0.244 e. The summed E-state index contributed by atoms with van der Waals surface area (Å²) in [5.74, 6) is -1.99. The summed E-state index contributed by atoms with van der Waals surface area (Å²) in [6, 6.07) is 14.2. The van der Waals surface area contributed by atoms with Crippen LogP contribution in [-0.2, 0) is 21.2 Å². The minimum Gasteiger partial charge on any atom is -0.336 e. The average molecular weight is 489 g/mol. The molecule has 0 saturated carbocycles. The number of benzene rings is 3. The molecule has 1 amide bonds. The van der Waals surface area contributed by atoms with Gasteiger partial charge in [0.1, 0.15) is 23.1 Å². The lowest BCUT2D eigenvalue weighted by Crippen LogP contribution is -2.24. The smallest absolute Gasteiger partial charge is 0.244 e. The minimum atomic E-state index is -4.25. The van der Waals surface area contributed by atoms with Gasteiger partial charge in [0.15, 0.2) is 0 Å². The molecule has 3 aromatic carbocycles. The van der Waals surface area contributed by atoms with Gasteiger partial charge in [-0.2, -0.15) is 0 Å². The van der Waals surface area contributed by atoms with Gasteiger partial charge in [-0.15, -0.1) is 0 Å². The molecular weight excluding hydrogens is 474 g/mol. The topological polar surface area (TPSA) is 85.2 Å². The molecule has 0 aliphatic heterocycles. The Bertz CT molecular complexity index is 1550. The zero-order chi connectivity index (χ0) is 23.8. The number of nitrogens with one attached hydrogen (secondary N) is 1. The van der Waals surface area contributed by atoms with Crippen molar-refractivity contribution < 1.29 is 22.0 Å². The largest absolute Gasteiger partial charge is 0.336 e. The van der Waals surface area contributed by atoms with Crippen LogP contribution >= 0.6 is 11.6 Å². The molecule has 0 unspecified atom stereocenters. The molecule has 4 rings (SSSR count). The Labute approximate surface area is 192 Å². The highest BCUT2D eigenvalue weighted by atomic mass is 35.5. The summed E-state index contributed by atoms with van der Waals surface area (Å²) in [4.78, 5) is 24.9. The predicted octanol–water partition coefficient (Wildman–Crippen LogP) is 4.40. The molecule has 1 heterocycles. The highest BCUT2D eigenvalue weighted by molar-refractivity contribution is 7.91. The van der Waals surface area contributed by atoms with E-state index in [9.17, 15) is 26.8 Å². The van der Waals surface area contributed by atoms with E-state index in [1.165, 1.54) is 47.0 Å². The van der Waals surface area contributed by atoms with Gasteiger partial charge in [0.2, 0.25) is 21.2 Å². The third kappa shape index (κ3) is 4.50. The van der Waals surface area contributed by atoms with Crippen molar-refractivity contribution in [3.05, 3.63) is 99.8 Å².